The fourth-order valence-corrected chi connectivity index (χ4v) is 4.45. The molecule has 0 bridgehead atoms. The predicted molar refractivity (Wildman–Crippen MR) is 136 cm³/mol. The van der Waals surface area contributed by atoms with Gasteiger partial charge in [-0.05, 0) is 48.0 Å². The highest BCUT2D eigenvalue weighted by molar-refractivity contribution is 7.98. The summed E-state index contributed by atoms with van der Waals surface area (Å²) in [7, 11) is 1.64. The number of para-hydroxylation sites is 1. The molecule has 0 fully saturated rings. The van der Waals surface area contributed by atoms with Gasteiger partial charge in [-0.1, -0.05) is 65.3 Å². The second-order valence-electron chi connectivity index (χ2n) is 7.14. The maximum atomic E-state index is 12.4. The maximum Gasteiger partial charge on any atom is 0.319 e. The van der Waals surface area contributed by atoms with Crippen LogP contribution >= 0.6 is 35.0 Å². The van der Waals surface area contributed by atoms with E-state index in [0.29, 0.717) is 38.2 Å². The summed E-state index contributed by atoms with van der Waals surface area (Å²) < 4.78 is 7.12. The first-order valence-corrected chi connectivity index (χ1v) is 12.0. The molecule has 0 radical (unpaired) electrons. The fourth-order valence-electron chi connectivity index (χ4n) is 3.17. The highest BCUT2D eigenvalue weighted by Gasteiger charge is 2.18. The molecule has 1 aromatic heterocycles. The summed E-state index contributed by atoms with van der Waals surface area (Å²) in [6.07, 6.45) is 0. The van der Waals surface area contributed by atoms with E-state index in [9.17, 15) is 4.79 Å². The van der Waals surface area contributed by atoms with Crippen molar-refractivity contribution in [3.63, 3.8) is 0 Å². The number of urea groups is 1. The Balaban J connectivity index is 1.56. The minimum absolute atomic E-state index is 0.133. The molecule has 4 aromatic rings. The molecule has 0 saturated carbocycles. The molecule has 0 spiro atoms. The van der Waals surface area contributed by atoms with Gasteiger partial charge in [0.15, 0.2) is 11.0 Å². The molecule has 2 amide bonds. The molecule has 10 heteroatoms. The molecule has 0 aliphatic heterocycles. The number of nitrogens with one attached hydrogen (secondary N) is 2. The average molecular weight is 514 g/mol. The van der Waals surface area contributed by atoms with Crippen LogP contribution in [0.4, 0.5) is 10.5 Å². The van der Waals surface area contributed by atoms with Crippen molar-refractivity contribution in [1.82, 2.24) is 20.1 Å². The number of halogens is 2. The molecule has 0 unspecified atom stereocenters. The highest BCUT2D eigenvalue weighted by atomic mass is 35.5. The Morgan fingerprint density at radius 2 is 1.85 bits per heavy atom. The first-order valence-electron chi connectivity index (χ1n) is 10.3. The van der Waals surface area contributed by atoms with Crippen molar-refractivity contribution in [1.29, 1.82) is 0 Å². The van der Waals surface area contributed by atoms with Crippen LogP contribution in [0, 0.1) is 0 Å². The Bertz CT molecular complexity index is 1280. The van der Waals surface area contributed by atoms with Crippen LogP contribution in [0.3, 0.4) is 0 Å². The van der Waals surface area contributed by atoms with Gasteiger partial charge in [-0.3, -0.25) is 4.57 Å². The Morgan fingerprint density at radius 3 is 2.65 bits per heavy atom. The van der Waals surface area contributed by atoms with Crippen LogP contribution in [-0.2, 0) is 12.3 Å². The molecular weight excluding hydrogens is 493 g/mol. The van der Waals surface area contributed by atoms with Gasteiger partial charge in [-0.15, -0.1) is 10.2 Å². The topological polar surface area (TPSA) is 81.1 Å². The Hall–Kier alpha value is -3.20. The number of hydrogen-bond acceptors (Lipinski definition) is 5. The van der Waals surface area contributed by atoms with Crippen molar-refractivity contribution in [2.75, 3.05) is 12.4 Å². The summed E-state index contributed by atoms with van der Waals surface area (Å²) in [5, 5.41) is 15.9. The zero-order valence-corrected chi connectivity index (χ0v) is 20.5. The van der Waals surface area contributed by atoms with E-state index in [4.69, 9.17) is 27.9 Å². The normalized spacial score (nSPS) is 10.7. The van der Waals surface area contributed by atoms with Crippen LogP contribution in [0.5, 0.6) is 5.75 Å². The van der Waals surface area contributed by atoms with Crippen molar-refractivity contribution < 1.29 is 9.53 Å². The van der Waals surface area contributed by atoms with Gasteiger partial charge in [0.05, 0.1) is 24.4 Å². The number of carbonyl (C=O) groups excluding carboxylic acids is 1. The molecule has 2 N–H and O–H groups in total. The molecular formula is C24H21Cl2N5O2S. The quantitative estimate of drug-likeness (QED) is 0.274. The van der Waals surface area contributed by atoms with E-state index in [0.717, 1.165) is 11.3 Å². The molecule has 0 atom stereocenters. The van der Waals surface area contributed by atoms with Crippen molar-refractivity contribution in [3.8, 4) is 11.4 Å². The third-order valence-corrected chi connectivity index (χ3v) is 6.35. The van der Waals surface area contributed by atoms with E-state index in [1.807, 2.05) is 47.0 Å². The smallest absolute Gasteiger partial charge is 0.319 e. The van der Waals surface area contributed by atoms with Crippen LogP contribution in [0.25, 0.3) is 5.69 Å². The lowest BCUT2D eigenvalue weighted by Gasteiger charge is -2.13. The number of nitrogens with zero attached hydrogens (tertiary/aromatic N) is 3. The number of hydrogen-bond donors (Lipinski definition) is 2. The summed E-state index contributed by atoms with van der Waals surface area (Å²) >= 11 is 14.2. The number of thioether (sulfide) groups is 1. The van der Waals surface area contributed by atoms with Gasteiger partial charge >= 0.3 is 6.03 Å². The minimum Gasteiger partial charge on any atom is -0.497 e. The fraction of sp³-hybridized carbons (Fsp3) is 0.125. The molecule has 34 heavy (non-hydrogen) atoms. The standard InChI is InChI=1S/C24H21Cl2N5O2S/c1-33-19-9-5-6-16(12-19)15-34-24-30-29-22(31(24)21-13-17(25)10-11-20(21)26)14-27-23(32)28-18-7-3-2-4-8-18/h2-13H,14-15H2,1H3,(H2,27,28,32). The van der Waals surface area contributed by atoms with Crippen molar-refractivity contribution in [2.45, 2.75) is 17.5 Å². The Morgan fingerprint density at radius 1 is 1.03 bits per heavy atom. The maximum absolute atomic E-state index is 12.4. The van der Waals surface area contributed by atoms with E-state index >= 15 is 0 Å². The van der Waals surface area contributed by atoms with Gasteiger partial charge in [-0.2, -0.15) is 0 Å². The van der Waals surface area contributed by atoms with E-state index in [1.165, 1.54) is 11.8 Å². The molecule has 3 aromatic carbocycles. The van der Waals surface area contributed by atoms with E-state index in [1.54, 1.807) is 37.4 Å². The second kappa shape index (κ2) is 11.3. The number of ether oxygens (including phenoxy) is 1. The lowest BCUT2D eigenvalue weighted by atomic mass is 10.2. The second-order valence-corrected chi connectivity index (χ2v) is 8.93. The van der Waals surface area contributed by atoms with E-state index in [-0.39, 0.29) is 12.6 Å². The molecule has 0 aliphatic carbocycles. The summed E-state index contributed by atoms with van der Waals surface area (Å²) in [4.78, 5) is 12.4. The third kappa shape index (κ3) is 6.02. The van der Waals surface area contributed by atoms with Crippen LogP contribution < -0.4 is 15.4 Å². The lowest BCUT2D eigenvalue weighted by molar-refractivity contribution is 0.251. The number of anilines is 1. The first kappa shape index (κ1) is 23.9. The average Bonchev–Trinajstić information content (AvgIpc) is 3.26. The molecule has 0 saturated heterocycles. The SMILES string of the molecule is COc1cccc(CSc2nnc(CNC(=O)Nc3ccccc3)n2-c2cc(Cl)ccc2Cl)c1. The van der Waals surface area contributed by atoms with Crippen LogP contribution in [-0.4, -0.2) is 27.9 Å². The van der Waals surface area contributed by atoms with E-state index in [2.05, 4.69) is 20.8 Å². The van der Waals surface area contributed by atoms with Crippen molar-refractivity contribution in [3.05, 3.63) is 94.2 Å². The zero-order valence-electron chi connectivity index (χ0n) is 18.2. The monoisotopic (exact) mass is 513 g/mol. The highest BCUT2D eigenvalue weighted by Crippen LogP contribution is 2.31. The zero-order chi connectivity index (χ0) is 23.9. The lowest BCUT2D eigenvalue weighted by Crippen LogP contribution is -2.29. The number of methoxy groups -OCH3 is 1. The molecule has 0 aliphatic rings. The van der Waals surface area contributed by atoms with Crippen molar-refractivity contribution in [2.24, 2.45) is 0 Å². The van der Waals surface area contributed by atoms with Gasteiger partial charge in [0.25, 0.3) is 0 Å². The van der Waals surface area contributed by atoms with Crippen molar-refractivity contribution >= 4 is 46.7 Å². The Labute approximate surface area is 211 Å². The Kier molecular flexibility index (Phi) is 7.95. The number of rotatable bonds is 8. The number of carbonyl (C=O) groups is 1. The number of benzene rings is 3. The van der Waals surface area contributed by atoms with Crippen LogP contribution in [0.1, 0.15) is 11.4 Å². The van der Waals surface area contributed by atoms with Gasteiger partial charge in [0.1, 0.15) is 5.75 Å². The third-order valence-electron chi connectivity index (χ3n) is 4.79. The van der Waals surface area contributed by atoms with Crippen LogP contribution in [0.2, 0.25) is 10.0 Å². The van der Waals surface area contributed by atoms with Gasteiger partial charge in [0, 0.05) is 16.5 Å². The molecule has 174 valence electrons. The van der Waals surface area contributed by atoms with Gasteiger partial charge in [-0.25, -0.2) is 4.79 Å². The minimum atomic E-state index is -0.358. The summed E-state index contributed by atoms with van der Waals surface area (Å²) in [6, 6.07) is 21.8. The summed E-state index contributed by atoms with van der Waals surface area (Å²) in [5.41, 5.74) is 2.39. The number of amides is 2. The largest absolute Gasteiger partial charge is 0.497 e. The predicted octanol–water partition coefficient (Wildman–Crippen LogP) is 6.20. The molecule has 4 rings (SSSR count). The first-order chi connectivity index (χ1) is 16.5. The molecule has 7 nitrogen and oxygen atoms in total. The number of aromatic nitrogens is 3. The van der Waals surface area contributed by atoms with Gasteiger partial charge < -0.3 is 15.4 Å². The summed E-state index contributed by atoms with van der Waals surface area (Å²) in [5.74, 6) is 1.93. The van der Waals surface area contributed by atoms with Gasteiger partial charge in [0.2, 0.25) is 0 Å². The molecule has 1 heterocycles. The van der Waals surface area contributed by atoms with Crippen LogP contribution in [0.15, 0.2) is 78.0 Å². The summed E-state index contributed by atoms with van der Waals surface area (Å²) in [6.45, 7) is 0.133. The van der Waals surface area contributed by atoms with E-state index < -0.39 is 0 Å².